The van der Waals surface area contributed by atoms with Gasteiger partial charge in [-0.2, -0.15) is 11.8 Å². The van der Waals surface area contributed by atoms with Crippen molar-refractivity contribution >= 4 is 23.6 Å². The minimum absolute atomic E-state index is 0.102. The lowest BCUT2D eigenvalue weighted by atomic mass is 10.0. The highest BCUT2D eigenvalue weighted by Gasteiger charge is 2.33. The molecular formula is C13H17N3O2S. The molecule has 1 fully saturated rings. The minimum atomic E-state index is -0.520. The summed E-state index contributed by atoms with van der Waals surface area (Å²) in [5.74, 6) is 0.620. The van der Waals surface area contributed by atoms with E-state index in [-0.39, 0.29) is 11.8 Å². The van der Waals surface area contributed by atoms with E-state index in [1.54, 1.807) is 18.0 Å². The first-order valence-electron chi connectivity index (χ1n) is 6.20. The summed E-state index contributed by atoms with van der Waals surface area (Å²) >= 11 is 1.66. The SMILES string of the molecule is CSCC[C@H]1NC(=O)C(Cc2ccccn2)NC1=O. The fourth-order valence-electron chi connectivity index (χ4n) is 1.99. The molecule has 2 amide bonds. The molecule has 1 saturated heterocycles. The molecule has 6 heteroatoms. The van der Waals surface area contributed by atoms with Crippen LogP contribution in [0.4, 0.5) is 0 Å². The second kappa shape index (κ2) is 6.56. The number of aromatic nitrogens is 1. The predicted octanol–water partition coefficient (Wildman–Crippen LogP) is 0.360. The summed E-state index contributed by atoms with van der Waals surface area (Å²) in [4.78, 5) is 28.0. The molecule has 102 valence electrons. The Labute approximate surface area is 116 Å². The average Bonchev–Trinajstić information content (AvgIpc) is 2.42. The van der Waals surface area contributed by atoms with Crippen molar-refractivity contribution in [3.8, 4) is 0 Å². The zero-order valence-electron chi connectivity index (χ0n) is 10.8. The number of amides is 2. The summed E-state index contributed by atoms with van der Waals surface area (Å²) in [6.45, 7) is 0. The first kappa shape index (κ1) is 13.9. The van der Waals surface area contributed by atoms with E-state index < -0.39 is 12.1 Å². The van der Waals surface area contributed by atoms with Gasteiger partial charge < -0.3 is 10.6 Å². The molecule has 1 aliphatic rings. The molecule has 5 nitrogen and oxygen atoms in total. The predicted molar refractivity (Wildman–Crippen MR) is 74.8 cm³/mol. The third-order valence-corrected chi connectivity index (χ3v) is 3.66. The van der Waals surface area contributed by atoms with E-state index in [9.17, 15) is 9.59 Å². The third kappa shape index (κ3) is 3.70. The van der Waals surface area contributed by atoms with Gasteiger partial charge in [0, 0.05) is 18.3 Å². The van der Waals surface area contributed by atoms with Crippen LogP contribution in [0.15, 0.2) is 24.4 Å². The number of carbonyl (C=O) groups excluding carboxylic acids is 2. The summed E-state index contributed by atoms with van der Waals surface area (Å²) in [7, 11) is 0. The summed E-state index contributed by atoms with van der Waals surface area (Å²) in [5.41, 5.74) is 0.797. The van der Waals surface area contributed by atoms with Gasteiger partial charge in [-0.15, -0.1) is 0 Å². The van der Waals surface area contributed by atoms with Gasteiger partial charge in [0.15, 0.2) is 0 Å². The molecule has 1 unspecified atom stereocenters. The Morgan fingerprint density at radius 2 is 1.95 bits per heavy atom. The van der Waals surface area contributed by atoms with Gasteiger partial charge in [-0.05, 0) is 30.6 Å². The second-order valence-corrected chi connectivity index (χ2v) is 5.41. The van der Waals surface area contributed by atoms with Gasteiger partial charge in [-0.25, -0.2) is 0 Å². The van der Waals surface area contributed by atoms with Crippen molar-refractivity contribution in [2.45, 2.75) is 24.9 Å². The smallest absolute Gasteiger partial charge is 0.243 e. The van der Waals surface area contributed by atoms with Crippen molar-refractivity contribution in [3.63, 3.8) is 0 Å². The zero-order chi connectivity index (χ0) is 13.7. The molecule has 1 aliphatic heterocycles. The molecular weight excluding hydrogens is 262 g/mol. The highest BCUT2D eigenvalue weighted by atomic mass is 32.2. The second-order valence-electron chi connectivity index (χ2n) is 4.43. The van der Waals surface area contributed by atoms with Crippen molar-refractivity contribution in [2.24, 2.45) is 0 Å². The maximum absolute atomic E-state index is 12.0. The summed E-state index contributed by atoms with van der Waals surface area (Å²) in [5, 5.41) is 5.55. The van der Waals surface area contributed by atoms with Crippen molar-refractivity contribution in [3.05, 3.63) is 30.1 Å². The van der Waals surface area contributed by atoms with Crippen molar-refractivity contribution in [1.82, 2.24) is 15.6 Å². The molecule has 2 N–H and O–H groups in total. The molecule has 1 aromatic heterocycles. The number of piperazine rings is 1. The molecule has 2 heterocycles. The molecule has 0 radical (unpaired) electrons. The van der Waals surface area contributed by atoms with Crippen LogP contribution in [0, 0.1) is 0 Å². The number of hydrogen-bond donors (Lipinski definition) is 2. The number of rotatable bonds is 5. The summed E-state index contributed by atoms with van der Waals surface area (Å²) in [6, 6.07) is 4.61. The van der Waals surface area contributed by atoms with E-state index in [1.807, 2.05) is 24.5 Å². The normalized spacial score (nSPS) is 22.8. The Morgan fingerprint density at radius 3 is 2.63 bits per heavy atom. The lowest BCUT2D eigenvalue weighted by molar-refractivity contribution is -0.136. The maximum Gasteiger partial charge on any atom is 0.243 e. The quantitative estimate of drug-likeness (QED) is 0.816. The molecule has 2 rings (SSSR count). The number of carbonyl (C=O) groups is 2. The minimum Gasteiger partial charge on any atom is -0.342 e. The Kier molecular flexibility index (Phi) is 4.79. The molecule has 2 atom stereocenters. The third-order valence-electron chi connectivity index (χ3n) is 3.02. The number of thioether (sulfide) groups is 1. The highest BCUT2D eigenvalue weighted by molar-refractivity contribution is 7.98. The molecule has 1 aromatic rings. The van der Waals surface area contributed by atoms with Crippen LogP contribution in [0.5, 0.6) is 0 Å². The van der Waals surface area contributed by atoms with Crippen LogP contribution in [-0.2, 0) is 16.0 Å². The zero-order valence-corrected chi connectivity index (χ0v) is 11.6. The molecule has 0 aromatic carbocycles. The topological polar surface area (TPSA) is 71.1 Å². The number of nitrogens with one attached hydrogen (secondary N) is 2. The summed E-state index contributed by atoms with van der Waals surface area (Å²) in [6.07, 6.45) is 4.74. The van der Waals surface area contributed by atoms with E-state index in [0.717, 1.165) is 11.4 Å². The van der Waals surface area contributed by atoms with E-state index >= 15 is 0 Å². The van der Waals surface area contributed by atoms with Crippen LogP contribution in [0.3, 0.4) is 0 Å². The first-order chi connectivity index (χ1) is 9.20. The molecule has 19 heavy (non-hydrogen) atoms. The first-order valence-corrected chi connectivity index (χ1v) is 7.59. The van der Waals surface area contributed by atoms with E-state index in [0.29, 0.717) is 12.8 Å². The largest absolute Gasteiger partial charge is 0.342 e. The Morgan fingerprint density at radius 1 is 1.21 bits per heavy atom. The molecule has 0 bridgehead atoms. The maximum atomic E-state index is 12.0. The van der Waals surface area contributed by atoms with E-state index in [1.165, 1.54) is 0 Å². The molecule has 0 aliphatic carbocycles. The molecule has 0 spiro atoms. The van der Waals surface area contributed by atoms with Crippen molar-refractivity contribution in [2.75, 3.05) is 12.0 Å². The van der Waals surface area contributed by atoms with Gasteiger partial charge in [-0.3, -0.25) is 14.6 Å². The lowest BCUT2D eigenvalue weighted by Crippen LogP contribution is -2.62. The van der Waals surface area contributed by atoms with Gasteiger partial charge >= 0.3 is 0 Å². The Balaban J connectivity index is 1.95. The van der Waals surface area contributed by atoms with Crippen molar-refractivity contribution in [1.29, 1.82) is 0 Å². The van der Waals surface area contributed by atoms with Crippen LogP contribution in [0.1, 0.15) is 12.1 Å². The number of pyridine rings is 1. The van der Waals surface area contributed by atoms with Gasteiger partial charge in [0.1, 0.15) is 12.1 Å². The van der Waals surface area contributed by atoms with Crippen LogP contribution in [0.25, 0.3) is 0 Å². The van der Waals surface area contributed by atoms with Crippen molar-refractivity contribution < 1.29 is 9.59 Å². The fraction of sp³-hybridized carbons (Fsp3) is 0.462. The van der Waals surface area contributed by atoms with Gasteiger partial charge in [0.2, 0.25) is 11.8 Å². The average molecular weight is 279 g/mol. The Hall–Kier alpha value is -1.56. The number of hydrogen-bond acceptors (Lipinski definition) is 4. The van der Waals surface area contributed by atoms with Gasteiger partial charge in [-0.1, -0.05) is 6.07 Å². The Bertz CT molecular complexity index is 452. The summed E-state index contributed by atoms with van der Waals surface area (Å²) < 4.78 is 0. The van der Waals surface area contributed by atoms with Gasteiger partial charge in [0.05, 0.1) is 0 Å². The highest BCUT2D eigenvalue weighted by Crippen LogP contribution is 2.08. The molecule has 0 saturated carbocycles. The van der Waals surface area contributed by atoms with E-state index in [2.05, 4.69) is 15.6 Å². The van der Waals surface area contributed by atoms with Crippen LogP contribution < -0.4 is 10.6 Å². The standard InChI is InChI=1S/C13H17N3O2S/c1-19-7-5-10-12(17)16-11(13(18)15-10)8-9-4-2-3-6-14-9/h2-4,6,10-11H,5,7-8H2,1H3,(H,15,18)(H,16,17)/t10-,11?/m1/s1. The fourth-order valence-corrected chi connectivity index (χ4v) is 2.46. The van der Waals surface area contributed by atoms with Crippen LogP contribution in [0.2, 0.25) is 0 Å². The van der Waals surface area contributed by atoms with Gasteiger partial charge in [0.25, 0.3) is 0 Å². The van der Waals surface area contributed by atoms with Crippen LogP contribution in [-0.4, -0.2) is 40.9 Å². The monoisotopic (exact) mass is 279 g/mol. The number of nitrogens with zero attached hydrogens (tertiary/aromatic N) is 1. The lowest BCUT2D eigenvalue weighted by Gasteiger charge is -2.29. The van der Waals surface area contributed by atoms with Crippen LogP contribution >= 0.6 is 11.8 Å². The van der Waals surface area contributed by atoms with E-state index in [4.69, 9.17) is 0 Å².